The lowest BCUT2D eigenvalue weighted by Crippen LogP contribution is -2.32. The van der Waals surface area contributed by atoms with E-state index >= 15 is 0 Å². The molecule has 0 saturated heterocycles. The molecule has 1 unspecified atom stereocenters. The molecule has 1 atom stereocenters. The zero-order valence-electron chi connectivity index (χ0n) is 16.0. The summed E-state index contributed by atoms with van der Waals surface area (Å²) in [4.78, 5) is 4.92. The van der Waals surface area contributed by atoms with Gasteiger partial charge in [0.15, 0.2) is 11.5 Å². The Bertz CT molecular complexity index is 909. The summed E-state index contributed by atoms with van der Waals surface area (Å²) in [7, 11) is 0. The zero-order valence-corrected chi connectivity index (χ0v) is 16.8. The molecule has 1 aliphatic rings. The van der Waals surface area contributed by atoms with Crippen LogP contribution in [0, 0.1) is 6.92 Å². The van der Waals surface area contributed by atoms with Crippen LogP contribution in [0.25, 0.3) is 0 Å². The fraction of sp³-hybridized carbons (Fsp3) is 0.304. The molecular weight excluding hydrogens is 370 g/mol. The molecule has 28 heavy (non-hydrogen) atoms. The van der Waals surface area contributed by atoms with Gasteiger partial charge in [-0.3, -0.25) is 4.90 Å². The number of hydrogen-bond donors (Lipinski definition) is 1. The third-order valence-electron chi connectivity index (χ3n) is 4.80. The van der Waals surface area contributed by atoms with Gasteiger partial charge < -0.3 is 14.6 Å². The van der Waals surface area contributed by atoms with Gasteiger partial charge in [0.25, 0.3) is 0 Å². The Kier molecular flexibility index (Phi) is 5.95. The Morgan fingerprint density at radius 1 is 0.964 bits per heavy atom. The summed E-state index contributed by atoms with van der Waals surface area (Å²) >= 11 is 1.81. The molecule has 4 rings (SSSR count). The average Bonchev–Trinajstić information content (AvgIpc) is 3.30. The molecule has 3 aromatic rings. The maximum Gasteiger partial charge on any atom is 0.231 e. The van der Waals surface area contributed by atoms with E-state index in [1.54, 1.807) is 0 Å². The van der Waals surface area contributed by atoms with Gasteiger partial charge in [-0.25, -0.2) is 0 Å². The summed E-state index contributed by atoms with van der Waals surface area (Å²) in [5, 5.41) is 10.7. The number of aliphatic hydroxyl groups excluding tert-OH is 1. The Hall–Kier alpha value is -2.34. The minimum Gasteiger partial charge on any atom is -0.454 e. The van der Waals surface area contributed by atoms with Crippen molar-refractivity contribution in [2.24, 2.45) is 0 Å². The number of nitrogens with zero attached hydrogens (tertiary/aromatic N) is 1. The third kappa shape index (κ3) is 4.93. The number of fused-ring (bicyclic) bond motifs is 1. The van der Waals surface area contributed by atoms with Crippen molar-refractivity contribution in [1.29, 1.82) is 0 Å². The zero-order chi connectivity index (χ0) is 19.3. The van der Waals surface area contributed by atoms with Gasteiger partial charge in [-0.15, -0.1) is 11.3 Å². The van der Waals surface area contributed by atoms with Crippen LogP contribution in [0.1, 0.15) is 20.9 Å². The fourth-order valence-corrected chi connectivity index (χ4v) is 4.45. The lowest BCUT2D eigenvalue weighted by atomic mass is 10.1. The molecule has 0 amide bonds. The maximum atomic E-state index is 10.7. The predicted octanol–water partition coefficient (Wildman–Crippen LogP) is 4.39. The van der Waals surface area contributed by atoms with Gasteiger partial charge in [0.1, 0.15) is 0 Å². The molecule has 0 aliphatic carbocycles. The molecule has 146 valence electrons. The van der Waals surface area contributed by atoms with Crippen LogP contribution in [0.4, 0.5) is 0 Å². The van der Waals surface area contributed by atoms with Gasteiger partial charge in [0.2, 0.25) is 6.79 Å². The highest BCUT2D eigenvalue weighted by Crippen LogP contribution is 2.33. The Labute approximate surface area is 170 Å². The molecule has 0 radical (unpaired) electrons. The highest BCUT2D eigenvalue weighted by atomic mass is 32.1. The van der Waals surface area contributed by atoms with Gasteiger partial charge in [-0.1, -0.05) is 36.4 Å². The van der Waals surface area contributed by atoms with Crippen molar-refractivity contribution in [2.45, 2.75) is 32.5 Å². The van der Waals surface area contributed by atoms with Crippen molar-refractivity contribution >= 4 is 11.3 Å². The van der Waals surface area contributed by atoms with Crippen LogP contribution in [0.3, 0.4) is 0 Å². The van der Waals surface area contributed by atoms with Crippen molar-refractivity contribution in [3.63, 3.8) is 0 Å². The number of rotatable bonds is 8. The molecule has 1 N–H and O–H groups in total. The largest absolute Gasteiger partial charge is 0.454 e. The quantitative estimate of drug-likeness (QED) is 0.614. The first-order valence-corrected chi connectivity index (χ1v) is 10.4. The molecule has 0 spiro atoms. The van der Waals surface area contributed by atoms with Crippen molar-refractivity contribution in [1.82, 2.24) is 4.90 Å². The lowest BCUT2D eigenvalue weighted by Gasteiger charge is -2.25. The number of hydrogen-bond acceptors (Lipinski definition) is 5. The number of ether oxygens (including phenoxy) is 2. The van der Waals surface area contributed by atoms with Crippen LogP contribution in [-0.4, -0.2) is 29.4 Å². The Morgan fingerprint density at radius 3 is 2.57 bits per heavy atom. The van der Waals surface area contributed by atoms with Crippen LogP contribution in [0.5, 0.6) is 11.5 Å². The van der Waals surface area contributed by atoms with Gasteiger partial charge in [0.05, 0.1) is 6.10 Å². The Balaban J connectivity index is 1.46. The SMILES string of the molecule is Cc1ccc(CN(Cc2ccc3c(c2)OCO3)CC(O)Cc2ccccc2)s1. The van der Waals surface area contributed by atoms with Crippen molar-refractivity contribution in [3.05, 3.63) is 81.5 Å². The van der Waals surface area contributed by atoms with E-state index in [9.17, 15) is 5.11 Å². The minimum absolute atomic E-state index is 0.284. The summed E-state index contributed by atoms with van der Waals surface area (Å²) < 4.78 is 10.9. The number of aliphatic hydroxyl groups is 1. The summed E-state index contributed by atoms with van der Waals surface area (Å²) in [5.74, 6) is 1.60. The normalized spacial score (nSPS) is 13.8. The Morgan fingerprint density at radius 2 is 1.79 bits per heavy atom. The predicted molar refractivity (Wildman–Crippen MR) is 112 cm³/mol. The highest BCUT2D eigenvalue weighted by molar-refractivity contribution is 7.11. The van der Waals surface area contributed by atoms with E-state index in [0.29, 0.717) is 13.0 Å². The van der Waals surface area contributed by atoms with E-state index < -0.39 is 6.10 Å². The molecule has 5 heteroatoms. The first-order valence-electron chi connectivity index (χ1n) is 9.54. The summed E-state index contributed by atoms with van der Waals surface area (Å²) in [6.07, 6.45) is 0.236. The molecule has 0 fully saturated rings. The van der Waals surface area contributed by atoms with Crippen molar-refractivity contribution in [3.8, 4) is 11.5 Å². The first-order chi connectivity index (χ1) is 13.7. The van der Waals surface area contributed by atoms with Crippen molar-refractivity contribution in [2.75, 3.05) is 13.3 Å². The molecule has 0 bridgehead atoms. The van der Waals surface area contributed by atoms with Crippen LogP contribution in [0.2, 0.25) is 0 Å². The maximum absolute atomic E-state index is 10.7. The van der Waals surface area contributed by atoms with Gasteiger partial charge in [0, 0.05) is 29.4 Å². The second-order valence-corrected chi connectivity index (χ2v) is 8.59. The van der Waals surface area contributed by atoms with Crippen LogP contribution >= 0.6 is 11.3 Å². The van der Waals surface area contributed by atoms with E-state index in [1.807, 2.05) is 41.7 Å². The van der Waals surface area contributed by atoms with E-state index in [2.05, 4.69) is 42.2 Å². The molecule has 0 saturated carbocycles. The summed E-state index contributed by atoms with van der Waals surface area (Å²) in [5.41, 5.74) is 2.31. The molecule has 2 heterocycles. The molecule has 4 nitrogen and oxygen atoms in total. The second kappa shape index (κ2) is 8.78. The fourth-order valence-electron chi connectivity index (χ4n) is 3.52. The van der Waals surface area contributed by atoms with Crippen LogP contribution in [0.15, 0.2) is 60.7 Å². The van der Waals surface area contributed by atoms with Gasteiger partial charge in [-0.05, 0) is 48.7 Å². The van der Waals surface area contributed by atoms with Gasteiger partial charge in [-0.2, -0.15) is 0 Å². The summed E-state index contributed by atoms with van der Waals surface area (Å²) in [6, 6.07) is 20.6. The number of thiophene rings is 1. The second-order valence-electron chi connectivity index (χ2n) is 7.21. The molecule has 2 aromatic carbocycles. The van der Waals surface area contributed by atoms with E-state index in [0.717, 1.165) is 35.7 Å². The first kappa shape index (κ1) is 19.0. The standard InChI is InChI=1S/C23H25NO3S/c1-17-7-9-21(28-17)15-24(14-20(25)11-18-5-3-2-4-6-18)13-19-8-10-22-23(12-19)27-16-26-22/h2-10,12,20,25H,11,13-16H2,1H3. The van der Waals surface area contributed by atoms with E-state index in [-0.39, 0.29) is 6.79 Å². The summed E-state index contributed by atoms with van der Waals surface area (Å²) in [6.45, 7) is 4.59. The molecule has 1 aromatic heterocycles. The van der Waals surface area contributed by atoms with Crippen LogP contribution < -0.4 is 9.47 Å². The van der Waals surface area contributed by atoms with E-state index in [1.165, 1.54) is 9.75 Å². The smallest absolute Gasteiger partial charge is 0.231 e. The molecular formula is C23H25NO3S. The van der Waals surface area contributed by atoms with Crippen molar-refractivity contribution < 1.29 is 14.6 Å². The monoisotopic (exact) mass is 395 g/mol. The van der Waals surface area contributed by atoms with E-state index in [4.69, 9.17) is 9.47 Å². The lowest BCUT2D eigenvalue weighted by molar-refractivity contribution is 0.105. The number of aryl methyl sites for hydroxylation is 1. The highest BCUT2D eigenvalue weighted by Gasteiger charge is 2.17. The van der Waals surface area contributed by atoms with Crippen LogP contribution in [-0.2, 0) is 19.5 Å². The topological polar surface area (TPSA) is 41.9 Å². The number of benzene rings is 2. The molecule has 1 aliphatic heterocycles. The van der Waals surface area contributed by atoms with Gasteiger partial charge >= 0.3 is 0 Å². The third-order valence-corrected chi connectivity index (χ3v) is 5.79. The minimum atomic E-state index is -0.419. The average molecular weight is 396 g/mol.